The summed E-state index contributed by atoms with van der Waals surface area (Å²) in [6.45, 7) is 4.12. The first kappa shape index (κ1) is 30.0. The first-order valence-corrected chi connectivity index (χ1v) is 14.5. The van der Waals surface area contributed by atoms with Crippen LogP contribution >= 0.6 is 0 Å². The van der Waals surface area contributed by atoms with Gasteiger partial charge in [0.1, 0.15) is 0 Å². The van der Waals surface area contributed by atoms with Crippen LogP contribution in [0.2, 0.25) is 0 Å². The SMILES string of the molecule is CCC(NC(=O)C(C)(CC(=O)N1CCOCC1)S(=O)(=O)Cc1ccccc1)C(=O)C(=O)NCc1ccccc1. The smallest absolute Gasteiger partial charge is 0.289 e. The molecular formula is C28H35N3O7S. The van der Waals surface area contributed by atoms with E-state index in [1.807, 2.05) is 6.07 Å². The highest BCUT2D eigenvalue weighted by Gasteiger charge is 2.49. The number of amides is 3. The Morgan fingerprint density at radius 1 is 0.949 bits per heavy atom. The van der Waals surface area contributed by atoms with Gasteiger partial charge in [-0.3, -0.25) is 19.2 Å². The lowest BCUT2D eigenvalue weighted by Gasteiger charge is -2.33. The van der Waals surface area contributed by atoms with E-state index >= 15 is 0 Å². The van der Waals surface area contributed by atoms with Crippen molar-refractivity contribution in [1.29, 1.82) is 0 Å². The number of ketones is 1. The van der Waals surface area contributed by atoms with Crippen molar-refractivity contribution in [2.24, 2.45) is 0 Å². The van der Waals surface area contributed by atoms with Crippen molar-refractivity contribution in [2.75, 3.05) is 26.3 Å². The van der Waals surface area contributed by atoms with Crippen LogP contribution < -0.4 is 10.6 Å². The monoisotopic (exact) mass is 557 g/mol. The summed E-state index contributed by atoms with van der Waals surface area (Å²) in [7, 11) is -4.26. The molecule has 0 bridgehead atoms. The van der Waals surface area contributed by atoms with E-state index < -0.39 is 56.3 Å². The molecule has 0 spiro atoms. The highest BCUT2D eigenvalue weighted by molar-refractivity contribution is 7.92. The van der Waals surface area contributed by atoms with Gasteiger partial charge in [-0.1, -0.05) is 67.6 Å². The molecule has 2 aromatic rings. The molecule has 3 rings (SSSR count). The van der Waals surface area contributed by atoms with Crippen molar-refractivity contribution < 1.29 is 32.3 Å². The minimum absolute atomic E-state index is 0.0511. The zero-order valence-corrected chi connectivity index (χ0v) is 23.0. The minimum Gasteiger partial charge on any atom is -0.378 e. The van der Waals surface area contributed by atoms with Crippen LogP contribution in [0, 0.1) is 0 Å². The Labute approximate surface area is 229 Å². The summed E-state index contributed by atoms with van der Waals surface area (Å²) in [5, 5.41) is 5.00. The maximum absolute atomic E-state index is 13.7. The molecule has 1 saturated heterocycles. The fraction of sp³-hybridized carbons (Fsp3) is 0.429. The summed E-state index contributed by atoms with van der Waals surface area (Å²) in [5.74, 6) is -3.78. The second kappa shape index (κ2) is 13.5. The molecule has 1 aliphatic heterocycles. The molecule has 3 amide bonds. The summed E-state index contributed by atoms with van der Waals surface area (Å²) in [4.78, 5) is 53.7. The van der Waals surface area contributed by atoms with Crippen LogP contribution in [-0.2, 0) is 46.0 Å². The molecule has 0 aromatic heterocycles. The first-order chi connectivity index (χ1) is 18.6. The van der Waals surface area contributed by atoms with Crippen molar-refractivity contribution in [3.05, 3.63) is 71.8 Å². The fourth-order valence-electron chi connectivity index (χ4n) is 4.19. The maximum atomic E-state index is 13.7. The van der Waals surface area contributed by atoms with Crippen molar-refractivity contribution in [2.45, 2.75) is 49.8 Å². The summed E-state index contributed by atoms with van der Waals surface area (Å²) >= 11 is 0. The third kappa shape index (κ3) is 7.73. The lowest BCUT2D eigenvalue weighted by atomic mass is 10.0. The number of nitrogens with one attached hydrogen (secondary N) is 2. The quantitative estimate of drug-likeness (QED) is 0.376. The van der Waals surface area contributed by atoms with E-state index in [1.54, 1.807) is 61.5 Å². The number of sulfone groups is 1. The molecule has 2 unspecified atom stereocenters. The minimum atomic E-state index is -4.26. The molecule has 2 atom stereocenters. The van der Waals surface area contributed by atoms with Gasteiger partial charge in [0, 0.05) is 19.6 Å². The number of Topliss-reactive ketones (excluding diaryl/α,β-unsaturated/α-hetero) is 1. The number of nitrogens with zero attached hydrogens (tertiary/aromatic N) is 1. The van der Waals surface area contributed by atoms with Crippen LogP contribution in [0.15, 0.2) is 60.7 Å². The third-order valence-corrected chi connectivity index (χ3v) is 9.18. The molecule has 1 fully saturated rings. The number of benzene rings is 2. The number of carbonyl (C=O) groups is 4. The Kier molecular flexibility index (Phi) is 10.4. The van der Waals surface area contributed by atoms with E-state index in [9.17, 15) is 27.6 Å². The van der Waals surface area contributed by atoms with Gasteiger partial charge in [0.25, 0.3) is 5.91 Å². The van der Waals surface area contributed by atoms with Gasteiger partial charge in [0.2, 0.25) is 17.6 Å². The van der Waals surface area contributed by atoms with Gasteiger partial charge in [0.15, 0.2) is 14.6 Å². The Bertz CT molecular complexity index is 1260. The second-order valence-electron chi connectivity index (χ2n) is 9.61. The van der Waals surface area contributed by atoms with E-state index in [0.717, 1.165) is 5.56 Å². The van der Waals surface area contributed by atoms with Gasteiger partial charge < -0.3 is 20.3 Å². The van der Waals surface area contributed by atoms with Crippen LogP contribution in [0.5, 0.6) is 0 Å². The average molecular weight is 558 g/mol. The number of rotatable bonds is 12. The number of ether oxygens (including phenoxy) is 1. The van der Waals surface area contributed by atoms with Gasteiger partial charge in [-0.25, -0.2) is 8.42 Å². The molecule has 39 heavy (non-hydrogen) atoms. The lowest BCUT2D eigenvalue weighted by molar-refractivity contribution is -0.141. The number of morpholine rings is 1. The van der Waals surface area contributed by atoms with Crippen LogP contribution in [-0.4, -0.2) is 73.9 Å². The van der Waals surface area contributed by atoms with Gasteiger partial charge in [-0.05, 0) is 24.5 Å². The number of carbonyl (C=O) groups excluding carboxylic acids is 4. The van der Waals surface area contributed by atoms with E-state index in [1.165, 1.54) is 11.8 Å². The summed E-state index contributed by atoms with van der Waals surface area (Å²) in [5.41, 5.74) is 1.25. The van der Waals surface area contributed by atoms with Gasteiger partial charge in [0.05, 0.1) is 31.4 Å². The standard InChI is InChI=1S/C28H35N3O7S/c1-3-23(25(33)26(34)29-19-21-10-6-4-7-11-21)30-27(35)28(2,18-24(32)31-14-16-38-17-15-31)39(36,37)20-22-12-8-5-9-13-22/h4-13,23H,3,14-20H2,1-2H3,(H,29,34)(H,30,35). The predicted octanol–water partition coefficient (Wildman–Crippen LogP) is 1.39. The zero-order chi connectivity index (χ0) is 28.5. The molecular weight excluding hydrogens is 522 g/mol. The van der Waals surface area contributed by atoms with Crippen LogP contribution in [0.1, 0.15) is 37.8 Å². The second-order valence-corrected chi connectivity index (χ2v) is 12.0. The molecule has 2 N–H and O–H groups in total. The Hall–Kier alpha value is -3.57. The fourth-order valence-corrected chi connectivity index (χ4v) is 5.82. The van der Waals surface area contributed by atoms with E-state index in [2.05, 4.69) is 10.6 Å². The van der Waals surface area contributed by atoms with E-state index in [4.69, 9.17) is 4.74 Å². The summed E-state index contributed by atoms with van der Waals surface area (Å²) < 4.78 is 30.5. The Morgan fingerprint density at radius 2 is 1.51 bits per heavy atom. The van der Waals surface area contributed by atoms with Crippen molar-refractivity contribution in [3.8, 4) is 0 Å². The zero-order valence-electron chi connectivity index (χ0n) is 22.2. The first-order valence-electron chi connectivity index (χ1n) is 12.9. The van der Waals surface area contributed by atoms with Crippen molar-refractivity contribution in [1.82, 2.24) is 15.5 Å². The molecule has 0 radical (unpaired) electrons. The van der Waals surface area contributed by atoms with E-state index in [0.29, 0.717) is 18.8 Å². The molecule has 1 aliphatic rings. The molecule has 1 heterocycles. The van der Waals surface area contributed by atoms with Gasteiger partial charge >= 0.3 is 0 Å². The summed E-state index contributed by atoms with van der Waals surface area (Å²) in [6, 6.07) is 16.1. The Morgan fingerprint density at radius 3 is 2.08 bits per heavy atom. The number of hydrogen-bond donors (Lipinski definition) is 2. The normalized spacial score (nSPS) is 16.0. The topological polar surface area (TPSA) is 139 Å². The van der Waals surface area contributed by atoms with Gasteiger partial charge in [-0.2, -0.15) is 0 Å². The van der Waals surface area contributed by atoms with Crippen molar-refractivity contribution >= 4 is 33.3 Å². The van der Waals surface area contributed by atoms with E-state index in [-0.39, 0.29) is 26.1 Å². The molecule has 2 aromatic carbocycles. The molecule has 10 nitrogen and oxygen atoms in total. The Balaban J connectivity index is 1.80. The maximum Gasteiger partial charge on any atom is 0.289 e. The molecule has 0 saturated carbocycles. The third-order valence-electron chi connectivity index (χ3n) is 6.77. The largest absolute Gasteiger partial charge is 0.378 e. The molecule has 0 aliphatic carbocycles. The molecule has 210 valence electrons. The van der Waals surface area contributed by atoms with Crippen LogP contribution in [0.3, 0.4) is 0 Å². The predicted molar refractivity (Wildman–Crippen MR) is 145 cm³/mol. The summed E-state index contributed by atoms with van der Waals surface area (Å²) in [6.07, 6.45) is -0.561. The molecule has 11 heteroatoms. The average Bonchev–Trinajstić information content (AvgIpc) is 2.95. The van der Waals surface area contributed by atoms with Crippen LogP contribution in [0.4, 0.5) is 0 Å². The highest BCUT2D eigenvalue weighted by Crippen LogP contribution is 2.28. The number of hydrogen-bond acceptors (Lipinski definition) is 7. The van der Waals surface area contributed by atoms with Crippen LogP contribution in [0.25, 0.3) is 0 Å². The van der Waals surface area contributed by atoms with Crippen molar-refractivity contribution in [3.63, 3.8) is 0 Å². The van der Waals surface area contributed by atoms with Gasteiger partial charge in [-0.15, -0.1) is 0 Å². The highest BCUT2D eigenvalue weighted by atomic mass is 32.2. The lowest BCUT2D eigenvalue weighted by Crippen LogP contribution is -2.58.